The smallest absolute Gasteiger partial charge is 0.230 e. The topological polar surface area (TPSA) is 73.9 Å². The Kier molecular flexibility index (Phi) is 4.61. The van der Waals surface area contributed by atoms with Crippen molar-refractivity contribution >= 4 is 16.3 Å². The SMILES string of the molecule is CCN(CCO)C(c1ccccc1)c1sc2nc(C)nn2c1O. The first-order valence-corrected chi connectivity index (χ1v) is 8.42. The van der Waals surface area contributed by atoms with Crippen molar-refractivity contribution < 1.29 is 10.2 Å². The molecule has 0 aliphatic carbocycles. The molecule has 6 nitrogen and oxygen atoms in total. The number of rotatable bonds is 6. The zero-order valence-corrected chi connectivity index (χ0v) is 14.0. The van der Waals surface area contributed by atoms with Crippen LogP contribution in [0.15, 0.2) is 30.3 Å². The number of aliphatic hydroxyl groups excluding tert-OH is 1. The lowest BCUT2D eigenvalue weighted by Gasteiger charge is -2.29. The summed E-state index contributed by atoms with van der Waals surface area (Å²) in [5.74, 6) is 0.757. The molecule has 2 N–H and O–H groups in total. The molecule has 0 fully saturated rings. The van der Waals surface area contributed by atoms with Crippen molar-refractivity contribution in [1.29, 1.82) is 0 Å². The maximum Gasteiger partial charge on any atom is 0.230 e. The van der Waals surface area contributed by atoms with Crippen molar-refractivity contribution in [3.63, 3.8) is 0 Å². The summed E-state index contributed by atoms with van der Waals surface area (Å²) in [7, 11) is 0. The quantitative estimate of drug-likeness (QED) is 0.724. The fourth-order valence-corrected chi connectivity index (χ4v) is 3.95. The number of aromatic nitrogens is 3. The zero-order chi connectivity index (χ0) is 16.4. The Labute approximate surface area is 138 Å². The number of likely N-dealkylation sites (N-methyl/N-ethyl adjacent to an activating group) is 1. The van der Waals surface area contributed by atoms with E-state index in [1.54, 1.807) is 6.92 Å². The molecule has 7 heteroatoms. The minimum absolute atomic E-state index is 0.0673. The Balaban J connectivity index is 2.12. The summed E-state index contributed by atoms with van der Waals surface area (Å²) >= 11 is 1.43. The van der Waals surface area contributed by atoms with Crippen LogP contribution in [0.3, 0.4) is 0 Å². The van der Waals surface area contributed by atoms with Crippen LogP contribution in [0.4, 0.5) is 0 Å². The third-order valence-electron chi connectivity index (χ3n) is 3.83. The Bertz CT molecular complexity index is 784. The molecule has 0 radical (unpaired) electrons. The van der Waals surface area contributed by atoms with E-state index in [0.717, 1.165) is 17.0 Å². The van der Waals surface area contributed by atoms with E-state index in [4.69, 9.17) is 0 Å². The minimum Gasteiger partial charge on any atom is -0.492 e. The summed E-state index contributed by atoms with van der Waals surface area (Å²) in [5, 5.41) is 24.3. The molecule has 0 spiro atoms. The average Bonchev–Trinajstić information content (AvgIpc) is 3.06. The van der Waals surface area contributed by atoms with Crippen LogP contribution in [0.5, 0.6) is 5.88 Å². The second kappa shape index (κ2) is 6.66. The molecule has 0 saturated carbocycles. The normalized spacial score (nSPS) is 13.0. The number of hydrogen-bond acceptors (Lipinski definition) is 6. The van der Waals surface area contributed by atoms with Crippen LogP contribution >= 0.6 is 11.3 Å². The molecule has 3 rings (SSSR count). The van der Waals surface area contributed by atoms with E-state index in [-0.39, 0.29) is 18.5 Å². The number of aryl methyl sites for hydroxylation is 1. The average molecular weight is 332 g/mol. The summed E-state index contributed by atoms with van der Waals surface area (Å²) in [6, 6.07) is 9.86. The van der Waals surface area contributed by atoms with Crippen molar-refractivity contribution in [3.8, 4) is 5.88 Å². The highest BCUT2D eigenvalue weighted by atomic mass is 32.1. The molecule has 0 bridgehead atoms. The molecule has 1 unspecified atom stereocenters. The van der Waals surface area contributed by atoms with E-state index >= 15 is 0 Å². The van der Waals surface area contributed by atoms with Gasteiger partial charge in [-0.1, -0.05) is 48.6 Å². The molecular formula is C16H20N4O2S. The maximum absolute atomic E-state index is 10.6. The maximum atomic E-state index is 10.6. The molecule has 23 heavy (non-hydrogen) atoms. The van der Waals surface area contributed by atoms with Crippen LogP contribution in [0.1, 0.15) is 29.2 Å². The molecule has 3 aromatic rings. The van der Waals surface area contributed by atoms with E-state index in [1.807, 2.05) is 37.3 Å². The van der Waals surface area contributed by atoms with Gasteiger partial charge in [-0.05, 0) is 19.0 Å². The minimum atomic E-state index is -0.137. The molecule has 0 amide bonds. The monoisotopic (exact) mass is 332 g/mol. The Hall–Kier alpha value is -1.96. The first-order valence-electron chi connectivity index (χ1n) is 7.60. The lowest BCUT2D eigenvalue weighted by Crippen LogP contribution is -2.31. The fourth-order valence-electron chi connectivity index (χ4n) is 2.79. The largest absolute Gasteiger partial charge is 0.492 e. The Morgan fingerprint density at radius 2 is 2.04 bits per heavy atom. The molecule has 2 heterocycles. The van der Waals surface area contributed by atoms with E-state index in [2.05, 4.69) is 15.0 Å². The van der Waals surface area contributed by atoms with Gasteiger partial charge in [-0.15, -0.1) is 5.10 Å². The molecule has 1 atom stereocenters. The van der Waals surface area contributed by atoms with Gasteiger partial charge in [0.05, 0.1) is 17.5 Å². The Morgan fingerprint density at radius 3 is 2.65 bits per heavy atom. The fraction of sp³-hybridized carbons (Fsp3) is 0.375. The van der Waals surface area contributed by atoms with E-state index < -0.39 is 0 Å². The van der Waals surface area contributed by atoms with Gasteiger partial charge in [-0.2, -0.15) is 4.52 Å². The van der Waals surface area contributed by atoms with Crippen molar-refractivity contribution in [3.05, 3.63) is 46.6 Å². The van der Waals surface area contributed by atoms with E-state index in [1.165, 1.54) is 15.9 Å². The van der Waals surface area contributed by atoms with Gasteiger partial charge in [-0.25, -0.2) is 4.98 Å². The third-order valence-corrected chi connectivity index (χ3v) is 4.90. The lowest BCUT2D eigenvalue weighted by atomic mass is 10.0. The second-order valence-electron chi connectivity index (χ2n) is 5.31. The first kappa shape index (κ1) is 15.9. The van der Waals surface area contributed by atoms with Gasteiger partial charge >= 0.3 is 0 Å². The summed E-state index contributed by atoms with van der Waals surface area (Å²) in [5.41, 5.74) is 1.07. The number of aromatic hydroxyl groups is 1. The summed E-state index contributed by atoms with van der Waals surface area (Å²) in [4.78, 5) is 7.95. The van der Waals surface area contributed by atoms with Gasteiger partial charge in [0.15, 0.2) is 0 Å². The lowest BCUT2D eigenvalue weighted by molar-refractivity contribution is 0.174. The van der Waals surface area contributed by atoms with Gasteiger partial charge in [0.2, 0.25) is 10.8 Å². The molecular weight excluding hydrogens is 312 g/mol. The van der Waals surface area contributed by atoms with Crippen molar-refractivity contribution in [1.82, 2.24) is 19.5 Å². The molecule has 1 aromatic carbocycles. The number of aliphatic hydroxyl groups is 1. The van der Waals surface area contributed by atoms with Crippen molar-refractivity contribution in [2.75, 3.05) is 19.7 Å². The summed E-state index contributed by atoms with van der Waals surface area (Å²) < 4.78 is 1.48. The number of fused-ring (bicyclic) bond motifs is 1. The molecule has 0 aliphatic rings. The van der Waals surface area contributed by atoms with E-state index in [0.29, 0.717) is 17.3 Å². The van der Waals surface area contributed by atoms with Gasteiger partial charge in [-0.3, -0.25) is 4.90 Å². The number of benzene rings is 1. The van der Waals surface area contributed by atoms with Crippen LogP contribution in [-0.4, -0.2) is 49.4 Å². The summed E-state index contributed by atoms with van der Waals surface area (Å²) in [6.45, 7) is 5.20. The predicted molar refractivity (Wildman–Crippen MR) is 89.9 cm³/mol. The third kappa shape index (κ3) is 2.95. The number of nitrogens with zero attached hydrogens (tertiary/aromatic N) is 4. The molecule has 0 aliphatic heterocycles. The highest BCUT2D eigenvalue weighted by molar-refractivity contribution is 7.17. The molecule has 0 saturated heterocycles. The number of hydrogen-bond donors (Lipinski definition) is 2. The predicted octanol–water partition coefficient (Wildman–Crippen LogP) is 2.21. The highest BCUT2D eigenvalue weighted by Crippen LogP contribution is 2.39. The highest BCUT2D eigenvalue weighted by Gasteiger charge is 2.28. The van der Waals surface area contributed by atoms with Crippen LogP contribution in [0.2, 0.25) is 0 Å². The van der Waals surface area contributed by atoms with Crippen molar-refractivity contribution in [2.45, 2.75) is 19.9 Å². The number of thiazole rings is 1. The van der Waals surface area contributed by atoms with Crippen LogP contribution in [0, 0.1) is 6.92 Å². The molecule has 2 aromatic heterocycles. The van der Waals surface area contributed by atoms with Gasteiger partial charge in [0, 0.05) is 6.54 Å². The van der Waals surface area contributed by atoms with E-state index in [9.17, 15) is 10.2 Å². The van der Waals surface area contributed by atoms with Gasteiger partial charge in [0.25, 0.3) is 0 Å². The van der Waals surface area contributed by atoms with Crippen LogP contribution in [0.25, 0.3) is 4.96 Å². The van der Waals surface area contributed by atoms with Crippen LogP contribution < -0.4 is 0 Å². The van der Waals surface area contributed by atoms with Gasteiger partial charge in [0.1, 0.15) is 5.82 Å². The Morgan fingerprint density at radius 1 is 1.30 bits per heavy atom. The first-order chi connectivity index (χ1) is 11.2. The zero-order valence-electron chi connectivity index (χ0n) is 13.2. The van der Waals surface area contributed by atoms with Crippen molar-refractivity contribution in [2.24, 2.45) is 0 Å². The van der Waals surface area contributed by atoms with Gasteiger partial charge < -0.3 is 10.2 Å². The summed E-state index contributed by atoms with van der Waals surface area (Å²) in [6.07, 6.45) is 0. The standard InChI is InChI=1S/C16H20N4O2S/c1-3-19(9-10-21)13(12-7-5-4-6-8-12)14-15(22)20-16(23-14)17-11(2)18-20/h4-8,13,21-22H,3,9-10H2,1-2H3. The second-order valence-corrected chi connectivity index (χ2v) is 6.32. The molecule has 122 valence electrons. The van der Waals surface area contributed by atoms with Crippen LogP contribution in [-0.2, 0) is 0 Å².